The molecule has 0 aromatic heterocycles. The maximum absolute atomic E-state index is 14.5. The third-order valence-electron chi connectivity index (χ3n) is 5.38. The molecule has 0 saturated carbocycles. The van der Waals surface area contributed by atoms with Crippen LogP contribution in [0.3, 0.4) is 0 Å². The highest BCUT2D eigenvalue weighted by atomic mass is 35.5. The quantitative estimate of drug-likeness (QED) is 0.554. The van der Waals surface area contributed by atoms with Crippen LogP contribution < -0.4 is 15.6 Å². The van der Waals surface area contributed by atoms with E-state index < -0.39 is 17.6 Å². The lowest BCUT2D eigenvalue weighted by atomic mass is 9.99. The van der Waals surface area contributed by atoms with Crippen molar-refractivity contribution in [2.24, 2.45) is 11.8 Å². The molecule has 33 heavy (non-hydrogen) atoms. The maximum atomic E-state index is 14.5. The van der Waals surface area contributed by atoms with Gasteiger partial charge in [0.05, 0.1) is 29.4 Å². The van der Waals surface area contributed by atoms with Gasteiger partial charge in [0.15, 0.2) is 11.6 Å². The molecule has 3 rings (SSSR count). The molecule has 1 aliphatic rings. The lowest BCUT2D eigenvalue weighted by Crippen LogP contribution is -2.41. The monoisotopic (exact) mass is 476 g/mol. The first kappa shape index (κ1) is 25.0. The molecular weight excluding hydrogens is 447 g/mol. The Morgan fingerprint density at radius 1 is 1.18 bits per heavy atom. The number of halogens is 2. The second-order valence-electron chi connectivity index (χ2n) is 9.42. The summed E-state index contributed by atoms with van der Waals surface area (Å²) >= 11 is 6.18. The van der Waals surface area contributed by atoms with Gasteiger partial charge in [-0.05, 0) is 56.4 Å². The molecule has 1 saturated heterocycles. The van der Waals surface area contributed by atoms with Crippen molar-refractivity contribution in [3.63, 3.8) is 0 Å². The number of ether oxygens (including phenoxy) is 2. The van der Waals surface area contributed by atoms with Crippen LogP contribution >= 0.6 is 11.6 Å². The highest BCUT2D eigenvalue weighted by Gasteiger charge is 2.32. The van der Waals surface area contributed by atoms with Gasteiger partial charge in [0, 0.05) is 17.5 Å². The van der Waals surface area contributed by atoms with E-state index in [4.69, 9.17) is 21.1 Å². The Morgan fingerprint density at radius 3 is 2.45 bits per heavy atom. The van der Waals surface area contributed by atoms with E-state index in [1.54, 1.807) is 12.1 Å². The molecule has 1 unspecified atom stereocenters. The van der Waals surface area contributed by atoms with Crippen LogP contribution in [-0.2, 0) is 11.2 Å². The number of benzene rings is 2. The fourth-order valence-corrected chi connectivity index (χ4v) is 4.04. The molecule has 1 heterocycles. The van der Waals surface area contributed by atoms with E-state index in [1.165, 1.54) is 6.07 Å². The standard InChI is InChI=1S/C25H30ClFN2O4/c1-15(2)9-16-5-7-18(8-6-16)23(30)28-29-24(31)19-10-21(27)22(11-20(19)26)32-13-17-12-25(3,4)33-14-17/h5-8,10-11,15,17H,9,12-14H2,1-4H3,(H,28,30)(H,29,31). The van der Waals surface area contributed by atoms with Crippen molar-refractivity contribution in [3.8, 4) is 5.75 Å². The Hall–Kier alpha value is -2.64. The highest BCUT2D eigenvalue weighted by molar-refractivity contribution is 6.34. The van der Waals surface area contributed by atoms with Crippen LogP contribution in [0.2, 0.25) is 5.02 Å². The minimum absolute atomic E-state index is 0.0131. The first-order valence-corrected chi connectivity index (χ1v) is 11.4. The van der Waals surface area contributed by atoms with Crippen molar-refractivity contribution in [2.45, 2.75) is 46.1 Å². The Morgan fingerprint density at radius 2 is 1.85 bits per heavy atom. The molecule has 0 radical (unpaired) electrons. The van der Waals surface area contributed by atoms with Gasteiger partial charge in [-0.15, -0.1) is 0 Å². The molecule has 2 N–H and O–H groups in total. The molecule has 2 aromatic carbocycles. The van der Waals surface area contributed by atoms with Crippen LogP contribution in [0.4, 0.5) is 4.39 Å². The van der Waals surface area contributed by atoms with E-state index in [1.807, 2.05) is 26.0 Å². The maximum Gasteiger partial charge on any atom is 0.271 e. The van der Waals surface area contributed by atoms with Gasteiger partial charge in [-0.1, -0.05) is 37.6 Å². The first-order valence-electron chi connectivity index (χ1n) is 11.0. The molecule has 0 bridgehead atoms. The zero-order valence-corrected chi connectivity index (χ0v) is 20.1. The van der Waals surface area contributed by atoms with Gasteiger partial charge >= 0.3 is 0 Å². The largest absolute Gasteiger partial charge is 0.490 e. The van der Waals surface area contributed by atoms with Crippen LogP contribution in [0.25, 0.3) is 0 Å². The summed E-state index contributed by atoms with van der Waals surface area (Å²) in [5, 5.41) is 0.0131. The number of nitrogens with one attached hydrogen (secondary N) is 2. The number of hydrogen-bond acceptors (Lipinski definition) is 4. The van der Waals surface area contributed by atoms with Gasteiger partial charge in [0.1, 0.15) is 0 Å². The number of hydrogen-bond donors (Lipinski definition) is 2. The number of amides is 2. The van der Waals surface area contributed by atoms with Crippen LogP contribution in [0.1, 0.15) is 60.4 Å². The van der Waals surface area contributed by atoms with E-state index in [0.717, 1.165) is 24.5 Å². The summed E-state index contributed by atoms with van der Waals surface area (Å²) in [6.45, 7) is 9.07. The number of carbonyl (C=O) groups excluding carboxylic acids is 2. The molecule has 6 nitrogen and oxygen atoms in total. The summed E-state index contributed by atoms with van der Waals surface area (Å²) in [4.78, 5) is 24.8. The SMILES string of the molecule is CC(C)Cc1ccc(C(=O)NNC(=O)c2cc(F)c(OCC3COC(C)(C)C3)cc2Cl)cc1. The predicted octanol–water partition coefficient (Wildman–Crippen LogP) is 4.95. The summed E-state index contributed by atoms with van der Waals surface area (Å²) in [5.41, 5.74) is 5.78. The molecule has 2 aromatic rings. The third-order valence-corrected chi connectivity index (χ3v) is 5.69. The topological polar surface area (TPSA) is 76.7 Å². The fourth-order valence-electron chi connectivity index (χ4n) is 3.80. The fraction of sp³-hybridized carbons (Fsp3) is 0.440. The summed E-state index contributed by atoms with van der Waals surface area (Å²) in [6.07, 6.45) is 1.72. The molecular formula is C25H30ClFN2O4. The normalized spacial score (nSPS) is 17.1. The minimum atomic E-state index is -0.735. The zero-order chi connectivity index (χ0) is 24.2. The summed E-state index contributed by atoms with van der Waals surface area (Å²) in [6, 6.07) is 9.39. The molecule has 0 aliphatic carbocycles. The second kappa shape index (κ2) is 10.5. The van der Waals surface area contributed by atoms with Crippen LogP contribution in [0.5, 0.6) is 5.75 Å². The Labute approximate surface area is 198 Å². The van der Waals surface area contributed by atoms with E-state index in [-0.39, 0.29) is 34.5 Å². The Bertz CT molecular complexity index is 1010. The summed E-state index contributed by atoms with van der Waals surface area (Å²) in [5.74, 6) is -1.31. The smallest absolute Gasteiger partial charge is 0.271 e. The van der Waals surface area contributed by atoms with Crippen molar-refractivity contribution in [1.29, 1.82) is 0 Å². The van der Waals surface area contributed by atoms with E-state index in [2.05, 4.69) is 24.7 Å². The Kier molecular flexibility index (Phi) is 7.97. The molecule has 0 spiro atoms. The number of carbonyl (C=O) groups is 2. The third kappa shape index (κ3) is 6.92. The molecule has 8 heteroatoms. The molecule has 1 atom stereocenters. The van der Waals surface area contributed by atoms with E-state index in [9.17, 15) is 14.0 Å². The van der Waals surface area contributed by atoms with Gasteiger partial charge in [-0.2, -0.15) is 0 Å². The van der Waals surface area contributed by atoms with E-state index in [0.29, 0.717) is 18.1 Å². The molecule has 178 valence electrons. The van der Waals surface area contributed by atoms with Crippen molar-refractivity contribution in [1.82, 2.24) is 10.9 Å². The van der Waals surface area contributed by atoms with Crippen molar-refractivity contribution < 1.29 is 23.5 Å². The van der Waals surface area contributed by atoms with Crippen molar-refractivity contribution in [2.75, 3.05) is 13.2 Å². The summed E-state index contributed by atoms with van der Waals surface area (Å²) < 4.78 is 25.8. The van der Waals surface area contributed by atoms with Gasteiger partial charge in [0.2, 0.25) is 0 Å². The highest BCUT2D eigenvalue weighted by Crippen LogP contribution is 2.31. The molecule has 1 aliphatic heterocycles. The van der Waals surface area contributed by atoms with Crippen LogP contribution in [0.15, 0.2) is 36.4 Å². The van der Waals surface area contributed by atoms with Gasteiger partial charge in [-0.3, -0.25) is 20.4 Å². The lowest BCUT2D eigenvalue weighted by Gasteiger charge is -2.16. The second-order valence-corrected chi connectivity index (χ2v) is 9.82. The Balaban J connectivity index is 1.56. The van der Waals surface area contributed by atoms with Crippen molar-refractivity contribution >= 4 is 23.4 Å². The number of hydrazine groups is 1. The minimum Gasteiger partial charge on any atom is -0.490 e. The zero-order valence-electron chi connectivity index (χ0n) is 19.3. The average molecular weight is 477 g/mol. The average Bonchev–Trinajstić information content (AvgIpc) is 3.10. The van der Waals surface area contributed by atoms with Gasteiger partial charge in [-0.25, -0.2) is 4.39 Å². The van der Waals surface area contributed by atoms with Gasteiger partial charge in [0.25, 0.3) is 11.8 Å². The number of rotatable bonds is 7. The summed E-state index contributed by atoms with van der Waals surface area (Å²) in [7, 11) is 0. The molecule has 2 amide bonds. The molecule has 1 fully saturated rings. The van der Waals surface area contributed by atoms with Crippen LogP contribution in [-0.4, -0.2) is 30.6 Å². The lowest BCUT2D eigenvalue weighted by molar-refractivity contribution is 0.0340. The van der Waals surface area contributed by atoms with Gasteiger partial charge < -0.3 is 9.47 Å². The predicted molar refractivity (Wildman–Crippen MR) is 125 cm³/mol. The first-order chi connectivity index (χ1) is 15.5. The van der Waals surface area contributed by atoms with Crippen LogP contribution in [0, 0.1) is 17.7 Å². The van der Waals surface area contributed by atoms with E-state index >= 15 is 0 Å². The van der Waals surface area contributed by atoms with Crippen molar-refractivity contribution in [3.05, 3.63) is 63.9 Å².